The van der Waals surface area contributed by atoms with Crippen molar-refractivity contribution in [2.45, 2.75) is 26.2 Å². The molecule has 0 aliphatic carbocycles. The van der Waals surface area contributed by atoms with E-state index >= 15 is 0 Å². The molecule has 138 valence electrons. The minimum Gasteiger partial charge on any atom is -0.478 e. The summed E-state index contributed by atoms with van der Waals surface area (Å²) in [6.07, 6.45) is 1.77. The minimum atomic E-state index is -1.35. The number of halogens is 2. The van der Waals surface area contributed by atoms with Crippen LogP contribution < -0.4 is 0 Å². The molecule has 3 nitrogen and oxygen atoms in total. The zero-order valence-corrected chi connectivity index (χ0v) is 16.0. The van der Waals surface area contributed by atoms with Crippen LogP contribution in [0.1, 0.15) is 36.8 Å². The van der Waals surface area contributed by atoms with Gasteiger partial charge in [0.15, 0.2) is 0 Å². The van der Waals surface area contributed by atoms with E-state index in [1.165, 1.54) is 0 Å². The lowest BCUT2D eigenvalue weighted by molar-refractivity contribution is 0.0692. The molecule has 0 saturated carbocycles. The first kappa shape index (κ1) is 19.1. The summed E-state index contributed by atoms with van der Waals surface area (Å²) < 4.78 is 14.1. The highest BCUT2D eigenvalue weighted by Crippen LogP contribution is 2.33. The molecular formula is C22H19ClFNO2. The summed E-state index contributed by atoms with van der Waals surface area (Å²) in [5.41, 5.74) is 3.56. The molecule has 0 spiro atoms. The SMILES string of the molecule is CC(C)(C)c1cc(-c2cccc(-c3cc(F)c(C(=O)O)cc3Cl)c2)ccn1. The normalized spacial score (nSPS) is 11.4. The molecule has 0 fully saturated rings. The lowest BCUT2D eigenvalue weighted by atomic mass is 9.89. The molecule has 0 aliphatic rings. The molecule has 0 aliphatic heterocycles. The number of pyridine rings is 1. The van der Waals surface area contributed by atoms with Gasteiger partial charge in [-0.2, -0.15) is 0 Å². The summed E-state index contributed by atoms with van der Waals surface area (Å²) in [4.78, 5) is 15.5. The van der Waals surface area contributed by atoms with Crippen LogP contribution in [0.25, 0.3) is 22.3 Å². The highest BCUT2D eigenvalue weighted by atomic mass is 35.5. The van der Waals surface area contributed by atoms with Crippen molar-refractivity contribution in [1.82, 2.24) is 4.98 Å². The first-order chi connectivity index (χ1) is 12.7. The van der Waals surface area contributed by atoms with Crippen LogP contribution in [0.15, 0.2) is 54.7 Å². The molecule has 5 heteroatoms. The Morgan fingerprint density at radius 2 is 1.70 bits per heavy atom. The van der Waals surface area contributed by atoms with E-state index in [0.29, 0.717) is 11.1 Å². The van der Waals surface area contributed by atoms with Gasteiger partial charge in [0.2, 0.25) is 0 Å². The summed E-state index contributed by atoms with van der Waals surface area (Å²) in [6, 6.07) is 13.8. The van der Waals surface area contributed by atoms with Crippen molar-refractivity contribution in [3.8, 4) is 22.3 Å². The molecule has 0 atom stereocenters. The van der Waals surface area contributed by atoms with Crippen LogP contribution in [0.4, 0.5) is 4.39 Å². The zero-order valence-electron chi connectivity index (χ0n) is 15.3. The van der Waals surface area contributed by atoms with Gasteiger partial charge in [0.1, 0.15) is 5.82 Å². The van der Waals surface area contributed by atoms with Gasteiger partial charge in [-0.3, -0.25) is 4.98 Å². The van der Waals surface area contributed by atoms with Crippen molar-refractivity contribution in [1.29, 1.82) is 0 Å². The number of hydrogen-bond donors (Lipinski definition) is 1. The van der Waals surface area contributed by atoms with E-state index in [2.05, 4.69) is 25.8 Å². The quantitative estimate of drug-likeness (QED) is 0.585. The van der Waals surface area contributed by atoms with Crippen molar-refractivity contribution in [3.05, 3.63) is 76.8 Å². The fraction of sp³-hybridized carbons (Fsp3) is 0.182. The third-order valence-corrected chi connectivity index (χ3v) is 4.64. The molecule has 1 aromatic heterocycles. The van der Waals surface area contributed by atoms with E-state index < -0.39 is 17.3 Å². The van der Waals surface area contributed by atoms with Gasteiger partial charge in [-0.25, -0.2) is 9.18 Å². The van der Waals surface area contributed by atoms with Crippen LogP contribution in [0.3, 0.4) is 0 Å². The zero-order chi connectivity index (χ0) is 19.8. The molecule has 3 aromatic rings. The van der Waals surface area contributed by atoms with Crippen LogP contribution in [0.2, 0.25) is 5.02 Å². The van der Waals surface area contributed by atoms with E-state index in [1.54, 1.807) is 6.20 Å². The molecule has 0 saturated heterocycles. The second-order valence-corrected chi connectivity index (χ2v) is 7.78. The molecule has 3 rings (SSSR count). The monoisotopic (exact) mass is 383 g/mol. The first-order valence-corrected chi connectivity index (χ1v) is 8.84. The predicted molar refractivity (Wildman–Crippen MR) is 106 cm³/mol. The van der Waals surface area contributed by atoms with Gasteiger partial charge in [-0.1, -0.05) is 50.6 Å². The lowest BCUT2D eigenvalue weighted by Crippen LogP contribution is -2.13. The maximum atomic E-state index is 14.1. The number of carboxylic acid groups (broad SMARTS) is 1. The number of aromatic nitrogens is 1. The molecule has 0 radical (unpaired) electrons. The average molecular weight is 384 g/mol. The highest BCUT2D eigenvalue weighted by molar-refractivity contribution is 6.33. The van der Waals surface area contributed by atoms with Gasteiger partial charge in [0.25, 0.3) is 0 Å². The summed E-state index contributed by atoms with van der Waals surface area (Å²) in [7, 11) is 0. The summed E-state index contributed by atoms with van der Waals surface area (Å²) in [5.74, 6) is -2.16. The maximum Gasteiger partial charge on any atom is 0.338 e. The van der Waals surface area contributed by atoms with Crippen molar-refractivity contribution in [2.24, 2.45) is 0 Å². The predicted octanol–water partition coefficient (Wildman–Crippen LogP) is 6.20. The molecule has 1 heterocycles. The molecule has 2 aromatic carbocycles. The Bertz CT molecular complexity index is 1030. The summed E-state index contributed by atoms with van der Waals surface area (Å²) >= 11 is 6.22. The van der Waals surface area contributed by atoms with Crippen LogP contribution in [-0.2, 0) is 5.41 Å². The fourth-order valence-corrected chi connectivity index (χ4v) is 3.09. The summed E-state index contributed by atoms with van der Waals surface area (Å²) in [5, 5.41) is 9.22. The van der Waals surface area contributed by atoms with E-state index in [4.69, 9.17) is 16.7 Å². The Labute approximate surface area is 162 Å². The van der Waals surface area contributed by atoms with Crippen molar-refractivity contribution >= 4 is 17.6 Å². The van der Waals surface area contributed by atoms with Crippen LogP contribution >= 0.6 is 11.6 Å². The van der Waals surface area contributed by atoms with Crippen molar-refractivity contribution in [3.63, 3.8) is 0 Å². The number of aromatic carboxylic acids is 1. The fourth-order valence-electron chi connectivity index (χ4n) is 2.82. The van der Waals surface area contributed by atoms with E-state index in [0.717, 1.165) is 29.0 Å². The Hall–Kier alpha value is -2.72. The van der Waals surface area contributed by atoms with Crippen LogP contribution in [0, 0.1) is 5.82 Å². The number of hydrogen-bond acceptors (Lipinski definition) is 2. The Morgan fingerprint density at radius 3 is 2.37 bits per heavy atom. The summed E-state index contributed by atoms with van der Waals surface area (Å²) in [6.45, 7) is 6.30. The molecule has 0 amide bonds. The van der Waals surface area contributed by atoms with Crippen molar-refractivity contribution in [2.75, 3.05) is 0 Å². The second kappa shape index (κ2) is 7.12. The smallest absolute Gasteiger partial charge is 0.338 e. The number of nitrogens with zero attached hydrogens (tertiary/aromatic N) is 1. The third kappa shape index (κ3) is 4.01. The number of carbonyl (C=O) groups is 1. The second-order valence-electron chi connectivity index (χ2n) is 7.38. The molecule has 1 N–H and O–H groups in total. The average Bonchev–Trinajstić information content (AvgIpc) is 2.62. The number of benzene rings is 2. The maximum absolute atomic E-state index is 14.1. The molecule has 27 heavy (non-hydrogen) atoms. The lowest BCUT2D eigenvalue weighted by Gasteiger charge is -2.18. The van der Waals surface area contributed by atoms with E-state index in [9.17, 15) is 9.18 Å². The van der Waals surface area contributed by atoms with Gasteiger partial charge in [-0.15, -0.1) is 0 Å². The van der Waals surface area contributed by atoms with Crippen LogP contribution in [0.5, 0.6) is 0 Å². The minimum absolute atomic E-state index is 0.0767. The van der Waals surface area contributed by atoms with Crippen LogP contribution in [-0.4, -0.2) is 16.1 Å². The molecule has 0 unspecified atom stereocenters. The Kier molecular flexibility index (Phi) is 5.03. The number of rotatable bonds is 3. The highest BCUT2D eigenvalue weighted by Gasteiger charge is 2.17. The first-order valence-electron chi connectivity index (χ1n) is 8.46. The standard InChI is InChI=1S/C22H19ClFNO2/c1-22(2,3)20-10-14(7-8-25-20)13-5-4-6-15(9-13)16-12-19(24)17(21(26)27)11-18(16)23/h4-12H,1-3H3,(H,26,27). The van der Waals surface area contributed by atoms with Gasteiger partial charge < -0.3 is 5.11 Å². The Balaban J connectivity index is 2.08. The Morgan fingerprint density at radius 1 is 1.04 bits per heavy atom. The largest absolute Gasteiger partial charge is 0.478 e. The van der Waals surface area contributed by atoms with Gasteiger partial charge in [0.05, 0.1) is 5.56 Å². The van der Waals surface area contributed by atoms with Gasteiger partial charge in [-0.05, 0) is 47.0 Å². The third-order valence-electron chi connectivity index (χ3n) is 4.32. The van der Waals surface area contributed by atoms with Crippen molar-refractivity contribution < 1.29 is 14.3 Å². The molecule has 0 bridgehead atoms. The van der Waals surface area contributed by atoms with E-state index in [1.807, 2.05) is 36.4 Å². The number of carboxylic acids is 1. The van der Waals surface area contributed by atoms with Gasteiger partial charge in [0, 0.05) is 27.9 Å². The van der Waals surface area contributed by atoms with E-state index in [-0.39, 0.29) is 10.4 Å². The molecular weight excluding hydrogens is 365 g/mol. The topological polar surface area (TPSA) is 50.2 Å². The van der Waals surface area contributed by atoms with Gasteiger partial charge >= 0.3 is 5.97 Å².